The van der Waals surface area contributed by atoms with Gasteiger partial charge in [-0.2, -0.15) is 0 Å². The highest BCUT2D eigenvalue weighted by molar-refractivity contribution is 6.35. The van der Waals surface area contributed by atoms with E-state index in [1.165, 1.54) is 0 Å². The second-order valence-electron chi connectivity index (χ2n) is 9.57. The van der Waals surface area contributed by atoms with E-state index in [4.69, 9.17) is 23.2 Å². The number of benzene rings is 3. The van der Waals surface area contributed by atoms with Crippen LogP contribution in [0.15, 0.2) is 54.6 Å². The highest BCUT2D eigenvalue weighted by atomic mass is 35.5. The van der Waals surface area contributed by atoms with Crippen LogP contribution in [0.3, 0.4) is 0 Å². The molecule has 8 heteroatoms. The van der Waals surface area contributed by atoms with Crippen molar-refractivity contribution in [3.05, 3.63) is 75.8 Å². The number of nitrogens with zero attached hydrogens (tertiary/aromatic N) is 2. The average Bonchev–Trinajstić information content (AvgIpc) is 3.18. The van der Waals surface area contributed by atoms with E-state index in [9.17, 15) is 14.4 Å². The van der Waals surface area contributed by atoms with Gasteiger partial charge in [0.2, 0.25) is 11.8 Å². The molecule has 200 valence electrons. The van der Waals surface area contributed by atoms with Gasteiger partial charge in [-0.25, -0.2) is 0 Å². The lowest BCUT2D eigenvalue weighted by Gasteiger charge is -2.31. The van der Waals surface area contributed by atoms with Crippen LogP contribution in [-0.4, -0.2) is 41.8 Å². The van der Waals surface area contributed by atoms with Gasteiger partial charge in [0.25, 0.3) is 5.91 Å². The number of amides is 3. The molecule has 1 aliphatic heterocycles. The molecule has 0 radical (unpaired) electrons. The Morgan fingerprint density at radius 1 is 1.03 bits per heavy atom. The van der Waals surface area contributed by atoms with Crippen LogP contribution < -0.4 is 10.2 Å². The third-order valence-electron chi connectivity index (χ3n) is 6.99. The van der Waals surface area contributed by atoms with Crippen molar-refractivity contribution in [3.8, 4) is 0 Å². The molecule has 1 aliphatic rings. The maximum Gasteiger partial charge on any atom is 0.258 e. The normalized spacial score (nSPS) is 13.2. The summed E-state index contributed by atoms with van der Waals surface area (Å²) < 4.78 is 0. The van der Waals surface area contributed by atoms with Crippen molar-refractivity contribution in [1.29, 1.82) is 0 Å². The first kappa shape index (κ1) is 27.9. The van der Waals surface area contributed by atoms with Crippen LogP contribution in [0.2, 0.25) is 10.0 Å². The number of halogens is 2. The largest absolute Gasteiger partial charge is 0.354 e. The van der Waals surface area contributed by atoms with Crippen molar-refractivity contribution in [1.82, 2.24) is 10.2 Å². The van der Waals surface area contributed by atoms with Crippen molar-refractivity contribution in [2.45, 2.75) is 58.5 Å². The van der Waals surface area contributed by atoms with Crippen LogP contribution in [0.1, 0.15) is 61.9 Å². The summed E-state index contributed by atoms with van der Waals surface area (Å²) in [7, 11) is 0. The molecule has 0 aliphatic carbocycles. The second kappa shape index (κ2) is 12.6. The fraction of sp³-hybridized carbons (Fsp3) is 0.367. The second-order valence-corrected chi connectivity index (χ2v) is 10.4. The zero-order chi connectivity index (χ0) is 27.2. The first-order valence-electron chi connectivity index (χ1n) is 13.2. The molecule has 0 unspecified atom stereocenters. The van der Waals surface area contributed by atoms with E-state index in [2.05, 4.69) is 12.2 Å². The van der Waals surface area contributed by atoms with Gasteiger partial charge in [0, 0.05) is 47.1 Å². The predicted molar refractivity (Wildman–Crippen MR) is 154 cm³/mol. The molecule has 1 atom stereocenters. The summed E-state index contributed by atoms with van der Waals surface area (Å²) in [4.78, 5) is 43.1. The zero-order valence-electron chi connectivity index (χ0n) is 21.8. The van der Waals surface area contributed by atoms with Gasteiger partial charge in [-0.3, -0.25) is 14.4 Å². The molecular formula is C30H33Cl2N3O3. The summed E-state index contributed by atoms with van der Waals surface area (Å²) in [6.45, 7) is 5.13. The van der Waals surface area contributed by atoms with E-state index in [0.717, 1.165) is 34.9 Å². The quantitative estimate of drug-likeness (QED) is 0.256. The number of hydrogen-bond donors (Lipinski definition) is 1. The van der Waals surface area contributed by atoms with Crippen molar-refractivity contribution in [3.63, 3.8) is 0 Å². The SMILES string of the molecule is CCCCNC(=O)[C@@H](CC)N(Cc1ccc(Cl)cc1Cl)C(=O)CCCN1C(=O)c2cccc3cccc1c23. The number of anilines is 1. The first-order chi connectivity index (χ1) is 18.3. The van der Waals surface area contributed by atoms with Crippen molar-refractivity contribution >= 4 is 57.4 Å². The first-order valence-corrected chi connectivity index (χ1v) is 14.0. The maximum absolute atomic E-state index is 13.6. The lowest BCUT2D eigenvalue weighted by Crippen LogP contribution is -2.49. The van der Waals surface area contributed by atoms with Gasteiger partial charge in [-0.15, -0.1) is 0 Å². The Labute approximate surface area is 233 Å². The van der Waals surface area contributed by atoms with Crippen molar-refractivity contribution in [2.75, 3.05) is 18.0 Å². The molecule has 0 saturated carbocycles. The lowest BCUT2D eigenvalue weighted by molar-refractivity contribution is -0.141. The average molecular weight is 555 g/mol. The van der Waals surface area contributed by atoms with Crippen LogP contribution in [0.25, 0.3) is 10.8 Å². The van der Waals surface area contributed by atoms with Gasteiger partial charge in [-0.05, 0) is 54.5 Å². The summed E-state index contributed by atoms with van der Waals surface area (Å²) >= 11 is 12.5. The Bertz CT molecular complexity index is 1340. The number of rotatable bonds is 12. The third-order valence-corrected chi connectivity index (χ3v) is 7.58. The standard InChI is InChI=1S/C30H33Cl2N3O3/c1-3-5-16-33-29(37)25(4-2)35(19-21-14-15-22(31)18-24(21)32)27(36)13-8-17-34-26-12-7-10-20-9-6-11-23(28(20)26)30(34)38/h6-7,9-12,14-15,18,25H,3-5,8,13,16-17,19H2,1-2H3,(H,33,37)/t25-/m1/s1. The smallest absolute Gasteiger partial charge is 0.258 e. The highest BCUT2D eigenvalue weighted by Crippen LogP contribution is 2.37. The van der Waals surface area contributed by atoms with E-state index in [1.807, 2.05) is 43.3 Å². The minimum atomic E-state index is -0.627. The van der Waals surface area contributed by atoms with Crippen LogP contribution in [0.4, 0.5) is 5.69 Å². The Balaban J connectivity index is 1.49. The van der Waals surface area contributed by atoms with Crippen LogP contribution in [0.5, 0.6) is 0 Å². The Hall–Kier alpha value is -3.09. The molecule has 0 saturated heterocycles. The fourth-order valence-electron chi connectivity index (χ4n) is 4.99. The molecule has 3 aromatic rings. The molecule has 1 heterocycles. The molecule has 0 bridgehead atoms. The monoisotopic (exact) mass is 553 g/mol. The molecular weight excluding hydrogens is 521 g/mol. The molecule has 0 fully saturated rings. The van der Waals surface area contributed by atoms with Crippen LogP contribution in [-0.2, 0) is 16.1 Å². The lowest BCUT2D eigenvalue weighted by atomic mass is 10.1. The van der Waals surface area contributed by atoms with Gasteiger partial charge in [-0.1, -0.05) is 73.8 Å². The summed E-state index contributed by atoms with van der Waals surface area (Å²) in [5.74, 6) is -0.372. The van der Waals surface area contributed by atoms with Gasteiger partial charge < -0.3 is 15.1 Å². The van der Waals surface area contributed by atoms with Crippen molar-refractivity contribution in [2.24, 2.45) is 0 Å². The molecule has 0 spiro atoms. The Kier molecular flexibility index (Phi) is 9.29. The number of unbranched alkanes of at least 4 members (excludes halogenated alkanes) is 1. The van der Waals surface area contributed by atoms with Crippen LogP contribution in [0, 0.1) is 0 Å². The molecule has 6 nitrogen and oxygen atoms in total. The molecule has 0 aromatic heterocycles. The summed E-state index contributed by atoms with van der Waals surface area (Å²) in [6, 6.07) is 16.1. The third kappa shape index (κ3) is 5.97. The van der Waals surface area contributed by atoms with E-state index >= 15 is 0 Å². The summed E-state index contributed by atoms with van der Waals surface area (Å²) in [5, 5.41) is 5.91. The topological polar surface area (TPSA) is 69.7 Å². The zero-order valence-corrected chi connectivity index (χ0v) is 23.3. The van der Waals surface area contributed by atoms with Crippen LogP contribution >= 0.6 is 23.2 Å². The number of nitrogens with one attached hydrogen (secondary N) is 1. The van der Waals surface area contributed by atoms with E-state index in [0.29, 0.717) is 41.5 Å². The van der Waals surface area contributed by atoms with Gasteiger partial charge in [0.15, 0.2) is 0 Å². The Morgan fingerprint density at radius 3 is 2.50 bits per heavy atom. The molecule has 4 rings (SSSR count). The molecule has 1 N–H and O–H groups in total. The predicted octanol–water partition coefficient (Wildman–Crippen LogP) is 6.61. The van der Waals surface area contributed by atoms with Crippen molar-refractivity contribution < 1.29 is 14.4 Å². The maximum atomic E-state index is 13.6. The Morgan fingerprint density at radius 2 is 1.79 bits per heavy atom. The van der Waals surface area contributed by atoms with E-state index in [-0.39, 0.29) is 30.7 Å². The van der Waals surface area contributed by atoms with Gasteiger partial charge in [0.05, 0.1) is 5.69 Å². The minimum Gasteiger partial charge on any atom is -0.354 e. The molecule has 38 heavy (non-hydrogen) atoms. The number of hydrogen-bond acceptors (Lipinski definition) is 3. The molecule has 3 amide bonds. The summed E-state index contributed by atoms with van der Waals surface area (Å²) in [6.07, 6.45) is 2.97. The minimum absolute atomic E-state index is 0.0456. The van der Waals surface area contributed by atoms with Gasteiger partial charge in [0.1, 0.15) is 6.04 Å². The summed E-state index contributed by atoms with van der Waals surface area (Å²) in [5.41, 5.74) is 2.29. The van der Waals surface area contributed by atoms with Gasteiger partial charge >= 0.3 is 0 Å². The number of carbonyl (C=O) groups excluding carboxylic acids is 3. The molecule has 3 aromatic carbocycles. The fourth-order valence-corrected chi connectivity index (χ4v) is 5.46. The van der Waals surface area contributed by atoms with E-state index in [1.54, 1.807) is 28.0 Å². The highest BCUT2D eigenvalue weighted by Gasteiger charge is 2.31. The van der Waals surface area contributed by atoms with E-state index < -0.39 is 6.04 Å². The number of carbonyl (C=O) groups is 3.